The zero-order valence-corrected chi connectivity index (χ0v) is 13.3. The van der Waals surface area contributed by atoms with Crippen molar-refractivity contribution in [3.05, 3.63) is 65.3 Å². The van der Waals surface area contributed by atoms with Crippen molar-refractivity contribution in [2.75, 3.05) is 5.32 Å². The molecule has 0 saturated carbocycles. The molecule has 5 heteroatoms. The van der Waals surface area contributed by atoms with Gasteiger partial charge in [0.15, 0.2) is 0 Å². The third kappa shape index (κ3) is 3.39. The second kappa shape index (κ2) is 6.20. The summed E-state index contributed by atoms with van der Waals surface area (Å²) in [6.45, 7) is 5.69. The molecule has 0 aliphatic carbocycles. The Bertz CT molecular complexity index is 829. The molecule has 1 unspecified atom stereocenters. The van der Waals surface area contributed by atoms with Crippen LogP contribution in [0.2, 0.25) is 0 Å². The molecule has 0 bridgehead atoms. The summed E-state index contributed by atoms with van der Waals surface area (Å²) >= 11 is 0. The Balaban J connectivity index is 1.79. The lowest BCUT2D eigenvalue weighted by atomic mass is 10.1. The first-order valence-corrected chi connectivity index (χ1v) is 7.46. The molecule has 0 aliphatic heterocycles. The molecule has 0 spiro atoms. The monoisotopic (exact) mass is 311 g/mol. The minimum Gasteiger partial charge on any atom is -0.374 e. The van der Waals surface area contributed by atoms with Gasteiger partial charge in [0.1, 0.15) is 11.9 Å². The first-order chi connectivity index (χ1) is 11.0. The van der Waals surface area contributed by atoms with Gasteiger partial charge in [0, 0.05) is 11.3 Å². The maximum absolute atomic E-state index is 13.7. The number of anilines is 1. The van der Waals surface area contributed by atoms with E-state index in [-0.39, 0.29) is 11.9 Å². The van der Waals surface area contributed by atoms with Gasteiger partial charge in [0.25, 0.3) is 0 Å². The van der Waals surface area contributed by atoms with Crippen LogP contribution in [0.15, 0.2) is 47.0 Å². The predicted molar refractivity (Wildman–Crippen MR) is 87.6 cm³/mol. The summed E-state index contributed by atoms with van der Waals surface area (Å²) in [5.74, 6) is 0.569. The summed E-state index contributed by atoms with van der Waals surface area (Å²) in [7, 11) is 0. The van der Waals surface area contributed by atoms with Crippen molar-refractivity contribution < 1.29 is 8.91 Å². The van der Waals surface area contributed by atoms with Gasteiger partial charge in [0.05, 0.1) is 0 Å². The average Bonchev–Trinajstić information content (AvgIpc) is 3.00. The van der Waals surface area contributed by atoms with Crippen molar-refractivity contribution in [3.8, 4) is 11.4 Å². The molecule has 1 atom stereocenters. The van der Waals surface area contributed by atoms with Crippen molar-refractivity contribution in [2.24, 2.45) is 0 Å². The van der Waals surface area contributed by atoms with Crippen molar-refractivity contribution in [2.45, 2.75) is 26.8 Å². The van der Waals surface area contributed by atoms with Crippen LogP contribution in [0, 0.1) is 19.7 Å². The number of nitrogens with one attached hydrogen (secondary N) is 1. The second-order valence-electron chi connectivity index (χ2n) is 5.66. The van der Waals surface area contributed by atoms with Gasteiger partial charge in [0.2, 0.25) is 11.7 Å². The largest absolute Gasteiger partial charge is 0.374 e. The van der Waals surface area contributed by atoms with E-state index in [4.69, 9.17) is 4.52 Å². The van der Waals surface area contributed by atoms with Gasteiger partial charge in [-0.15, -0.1) is 0 Å². The average molecular weight is 311 g/mol. The Morgan fingerprint density at radius 3 is 2.70 bits per heavy atom. The highest BCUT2D eigenvalue weighted by Crippen LogP contribution is 2.23. The number of hydrogen-bond acceptors (Lipinski definition) is 4. The van der Waals surface area contributed by atoms with Gasteiger partial charge in [-0.2, -0.15) is 4.98 Å². The number of rotatable bonds is 4. The van der Waals surface area contributed by atoms with Crippen molar-refractivity contribution in [1.29, 1.82) is 0 Å². The first-order valence-electron chi connectivity index (χ1n) is 7.46. The molecule has 1 aromatic heterocycles. The summed E-state index contributed by atoms with van der Waals surface area (Å²) < 4.78 is 19.0. The Labute approximate surface area is 134 Å². The van der Waals surface area contributed by atoms with E-state index in [1.165, 1.54) is 11.6 Å². The normalized spacial score (nSPS) is 12.2. The van der Waals surface area contributed by atoms with Gasteiger partial charge in [-0.25, -0.2) is 4.39 Å². The minimum absolute atomic E-state index is 0.145. The van der Waals surface area contributed by atoms with Crippen molar-refractivity contribution >= 4 is 5.69 Å². The molecule has 0 radical (unpaired) electrons. The Kier molecular flexibility index (Phi) is 4.10. The van der Waals surface area contributed by atoms with Gasteiger partial charge >= 0.3 is 0 Å². The molecule has 3 aromatic rings. The fraction of sp³-hybridized carbons (Fsp3) is 0.222. The fourth-order valence-electron chi connectivity index (χ4n) is 2.31. The van der Waals surface area contributed by atoms with Crippen LogP contribution in [0.4, 0.5) is 10.1 Å². The predicted octanol–water partition coefficient (Wildman–Crippen LogP) is 4.67. The lowest BCUT2D eigenvalue weighted by Crippen LogP contribution is -2.07. The van der Waals surface area contributed by atoms with E-state index in [0.717, 1.165) is 5.69 Å². The van der Waals surface area contributed by atoms with E-state index < -0.39 is 0 Å². The van der Waals surface area contributed by atoms with Crippen LogP contribution < -0.4 is 5.32 Å². The van der Waals surface area contributed by atoms with E-state index in [1.54, 1.807) is 19.1 Å². The number of aromatic nitrogens is 2. The molecule has 0 amide bonds. The van der Waals surface area contributed by atoms with Crippen LogP contribution in [0.3, 0.4) is 0 Å². The molecule has 1 heterocycles. The lowest BCUT2D eigenvalue weighted by Gasteiger charge is -2.11. The molecule has 23 heavy (non-hydrogen) atoms. The smallest absolute Gasteiger partial charge is 0.249 e. The third-order valence-electron chi connectivity index (χ3n) is 3.64. The van der Waals surface area contributed by atoms with E-state index in [9.17, 15) is 4.39 Å². The van der Waals surface area contributed by atoms with Crippen LogP contribution in [0.5, 0.6) is 0 Å². The zero-order chi connectivity index (χ0) is 16.4. The highest BCUT2D eigenvalue weighted by atomic mass is 19.1. The van der Waals surface area contributed by atoms with Gasteiger partial charge < -0.3 is 9.84 Å². The molecular formula is C18H18FN3O. The van der Waals surface area contributed by atoms with Crippen molar-refractivity contribution in [1.82, 2.24) is 10.1 Å². The van der Waals surface area contributed by atoms with Crippen LogP contribution in [0.25, 0.3) is 11.4 Å². The molecule has 0 aliphatic rings. The number of halogens is 1. The maximum atomic E-state index is 13.7. The molecular weight excluding hydrogens is 293 g/mol. The molecule has 1 N–H and O–H groups in total. The van der Waals surface area contributed by atoms with Gasteiger partial charge in [-0.1, -0.05) is 29.4 Å². The van der Waals surface area contributed by atoms with E-state index in [0.29, 0.717) is 22.8 Å². The number of aryl methyl sites for hydroxylation is 2. The quantitative estimate of drug-likeness (QED) is 0.761. The third-order valence-corrected chi connectivity index (χ3v) is 3.64. The molecule has 0 fully saturated rings. The summed E-state index contributed by atoms with van der Waals surface area (Å²) in [6, 6.07) is 12.8. The minimum atomic E-state index is -0.278. The first kappa shape index (κ1) is 15.2. The van der Waals surface area contributed by atoms with Gasteiger partial charge in [-0.3, -0.25) is 0 Å². The standard InChI is InChI=1S/C18H18FN3O/c1-11-5-4-6-15(9-11)20-13(3)18-21-17(22-23-18)14-8-7-12(2)16(19)10-14/h4-10,13,20H,1-3H3. The molecule has 3 rings (SSSR count). The Morgan fingerprint density at radius 1 is 1.13 bits per heavy atom. The summed E-state index contributed by atoms with van der Waals surface area (Å²) in [5, 5.41) is 7.26. The van der Waals surface area contributed by atoms with E-state index >= 15 is 0 Å². The second-order valence-corrected chi connectivity index (χ2v) is 5.66. The summed E-state index contributed by atoms with van der Waals surface area (Å²) in [4.78, 5) is 4.36. The molecule has 0 saturated heterocycles. The highest BCUT2D eigenvalue weighted by molar-refractivity contribution is 5.55. The molecule has 4 nitrogen and oxygen atoms in total. The van der Waals surface area contributed by atoms with E-state index in [1.807, 2.05) is 38.1 Å². The van der Waals surface area contributed by atoms with Crippen LogP contribution >= 0.6 is 0 Å². The topological polar surface area (TPSA) is 51.0 Å². The summed E-state index contributed by atoms with van der Waals surface area (Å²) in [6.07, 6.45) is 0. The number of nitrogens with zero attached hydrogens (tertiary/aromatic N) is 2. The zero-order valence-electron chi connectivity index (χ0n) is 13.3. The fourth-order valence-corrected chi connectivity index (χ4v) is 2.31. The van der Waals surface area contributed by atoms with Gasteiger partial charge in [-0.05, 0) is 50.1 Å². The van der Waals surface area contributed by atoms with Crippen molar-refractivity contribution in [3.63, 3.8) is 0 Å². The Hall–Kier alpha value is -2.69. The molecule has 2 aromatic carbocycles. The lowest BCUT2D eigenvalue weighted by molar-refractivity contribution is 0.368. The summed E-state index contributed by atoms with van der Waals surface area (Å²) in [5.41, 5.74) is 3.35. The van der Waals surface area contributed by atoms with Crippen LogP contribution in [-0.4, -0.2) is 10.1 Å². The van der Waals surface area contributed by atoms with Crippen LogP contribution in [0.1, 0.15) is 30.0 Å². The number of hydrogen-bond donors (Lipinski definition) is 1. The highest BCUT2D eigenvalue weighted by Gasteiger charge is 2.16. The number of benzene rings is 2. The maximum Gasteiger partial charge on any atom is 0.249 e. The van der Waals surface area contributed by atoms with E-state index in [2.05, 4.69) is 15.5 Å². The SMILES string of the molecule is Cc1cccc(NC(C)c2nc(-c3ccc(C)c(F)c3)no2)c1. The molecule has 118 valence electrons. The Morgan fingerprint density at radius 2 is 1.96 bits per heavy atom. The van der Waals surface area contributed by atoms with Crippen LogP contribution in [-0.2, 0) is 0 Å².